The van der Waals surface area contributed by atoms with Crippen LogP contribution < -0.4 is 10.6 Å². The zero-order valence-corrected chi connectivity index (χ0v) is 16.8. The van der Waals surface area contributed by atoms with Gasteiger partial charge in [-0.2, -0.15) is 23.3 Å². The summed E-state index contributed by atoms with van der Waals surface area (Å²) < 4.78 is 42.5. The number of aromatic nitrogens is 6. The Kier molecular flexibility index (Phi) is 4.86. The van der Waals surface area contributed by atoms with Crippen molar-refractivity contribution in [3.63, 3.8) is 0 Å². The molecule has 0 aliphatic carbocycles. The second kappa shape index (κ2) is 7.06. The number of hydrogen-bond acceptors (Lipinski definition) is 6. The van der Waals surface area contributed by atoms with Crippen LogP contribution in [0.25, 0.3) is 0 Å². The molecule has 31 heavy (non-hydrogen) atoms. The van der Waals surface area contributed by atoms with Gasteiger partial charge in [0, 0.05) is 38.2 Å². The number of hydrogen-bond donors (Lipinski definition) is 2. The molecule has 14 heteroatoms. The molecular formula is C17H16B3F3N8. The summed E-state index contributed by atoms with van der Waals surface area (Å²) in [6, 6.07) is 1.66. The van der Waals surface area contributed by atoms with Gasteiger partial charge in [-0.15, -0.1) is 0 Å². The summed E-state index contributed by atoms with van der Waals surface area (Å²) in [4.78, 5) is 12.1. The lowest BCUT2D eigenvalue weighted by molar-refractivity contribution is -0.137. The van der Waals surface area contributed by atoms with E-state index in [0.717, 1.165) is 23.5 Å². The van der Waals surface area contributed by atoms with Crippen molar-refractivity contribution >= 4 is 41.1 Å². The minimum absolute atomic E-state index is 0.118. The highest BCUT2D eigenvalue weighted by molar-refractivity contribution is 6.56. The van der Waals surface area contributed by atoms with Crippen molar-refractivity contribution in [2.75, 3.05) is 17.7 Å². The van der Waals surface area contributed by atoms with Gasteiger partial charge in [0.15, 0.2) is 0 Å². The normalized spacial score (nSPS) is 18.7. The maximum Gasteiger partial charge on any atom is 0.421 e. The van der Waals surface area contributed by atoms with Crippen LogP contribution >= 0.6 is 0 Å². The molecule has 2 N–H and O–H groups in total. The number of nitrogens with zero attached hydrogens (tertiary/aromatic N) is 6. The molecular weight excluding hydrogens is 406 g/mol. The average molecular weight is 422 g/mol. The van der Waals surface area contributed by atoms with Gasteiger partial charge in [-0.25, -0.2) is 9.97 Å². The molecule has 0 fully saturated rings. The molecule has 3 aromatic rings. The largest absolute Gasteiger partial charge is 0.421 e. The molecule has 1 atom stereocenters. The maximum atomic E-state index is 13.1. The number of alkyl halides is 3. The lowest BCUT2D eigenvalue weighted by Crippen LogP contribution is -2.37. The van der Waals surface area contributed by atoms with E-state index in [2.05, 4.69) is 30.7 Å². The summed E-state index contributed by atoms with van der Waals surface area (Å²) in [6.07, 6.45) is 0.396. The Morgan fingerprint density at radius 3 is 2.58 bits per heavy atom. The van der Waals surface area contributed by atoms with Gasteiger partial charge in [0.05, 0.1) is 34.6 Å². The van der Waals surface area contributed by atoms with Crippen molar-refractivity contribution < 1.29 is 13.2 Å². The van der Waals surface area contributed by atoms with Crippen molar-refractivity contribution in [3.8, 4) is 0 Å². The third-order valence-corrected chi connectivity index (χ3v) is 5.27. The van der Waals surface area contributed by atoms with E-state index in [-0.39, 0.29) is 17.6 Å². The summed E-state index contributed by atoms with van der Waals surface area (Å²) >= 11 is 0. The van der Waals surface area contributed by atoms with Gasteiger partial charge in [-0.3, -0.25) is 4.68 Å². The molecule has 0 amide bonds. The topological polar surface area (TPSA) is 85.5 Å². The minimum atomic E-state index is -4.61. The predicted octanol–water partition coefficient (Wildman–Crippen LogP) is 1.46. The van der Waals surface area contributed by atoms with E-state index >= 15 is 0 Å². The molecule has 6 radical (unpaired) electrons. The van der Waals surface area contributed by atoms with E-state index in [9.17, 15) is 13.2 Å². The number of nitrogens with one attached hydrogen (secondary N) is 2. The number of anilines is 3. The van der Waals surface area contributed by atoms with E-state index in [1.807, 2.05) is 17.7 Å². The van der Waals surface area contributed by atoms with Gasteiger partial charge >= 0.3 is 6.18 Å². The maximum absolute atomic E-state index is 13.1. The summed E-state index contributed by atoms with van der Waals surface area (Å²) in [5.41, 5.74) is -0.939. The van der Waals surface area contributed by atoms with Crippen molar-refractivity contribution in [1.29, 1.82) is 0 Å². The Balaban J connectivity index is 1.74. The fourth-order valence-corrected chi connectivity index (χ4v) is 3.66. The van der Waals surface area contributed by atoms with Crippen LogP contribution in [0.5, 0.6) is 0 Å². The smallest absolute Gasteiger partial charge is 0.372 e. The number of rotatable bonds is 5. The number of imidazole rings is 1. The van der Waals surface area contributed by atoms with Crippen molar-refractivity contribution in [2.45, 2.75) is 36.7 Å². The van der Waals surface area contributed by atoms with E-state index in [1.54, 1.807) is 12.3 Å². The zero-order valence-electron chi connectivity index (χ0n) is 16.8. The van der Waals surface area contributed by atoms with E-state index in [1.165, 1.54) is 7.05 Å². The van der Waals surface area contributed by atoms with E-state index < -0.39 is 22.4 Å². The molecule has 154 valence electrons. The average Bonchev–Trinajstić information content (AvgIpc) is 3.38. The van der Waals surface area contributed by atoms with Crippen molar-refractivity contribution in [2.24, 2.45) is 0 Å². The second-order valence-corrected chi connectivity index (χ2v) is 7.57. The van der Waals surface area contributed by atoms with Crippen molar-refractivity contribution in [3.05, 3.63) is 41.7 Å². The highest BCUT2D eigenvalue weighted by Crippen LogP contribution is 2.40. The van der Waals surface area contributed by atoms with Gasteiger partial charge in [0.1, 0.15) is 23.0 Å². The lowest BCUT2D eigenvalue weighted by atomic mass is 9.49. The Morgan fingerprint density at radius 1 is 1.19 bits per heavy atom. The first-order valence-corrected chi connectivity index (χ1v) is 9.32. The first kappa shape index (κ1) is 21.3. The SMILES string of the molecule is [B]C([B])([B])n1nc(C2(C)CCn3ccnc32)cc1Nc1ncc(C(F)(F)F)c(NC)n1. The Hall–Kier alpha value is -2.92. The van der Waals surface area contributed by atoms with Gasteiger partial charge in [0.25, 0.3) is 0 Å². The molecule has 0 saturated heterocycles. The highest BCUT2D eigenvalue weighted by Gasteiger charge is 2.41. The van der Waals surface area contributed by atoms with Crippen LogP contribution in [-0.2, 0) is 23.4 Å². The van der Waals surface area contributed by atoms with Gasteiger partial charge in [0.2, 0.25) is 5.95 Å². The highest BCUT2D eigenvalue weighted by atomic mass is 19.4. The molecule has 0 bridgehead atoms. The van der Waals surface area contributed by atoms with Crippen LogP contribution in [0.15, 0.2) is 24.7 Å². The number of aryl methyl sites for hydroxylation is 1. The van der Waals surface area contributed by atoms with Crippen LogP contribution in [0, 0.1) is 0 Å². The fourth-order valence-electron chi connectivity index (χ4n) is 3.66. The van der Waals surface area contributed by atoms with Gasteiger partial charge in [-0.1, -0.05) is 0 Å². The molecule has 4 rings (SSSR count). The first-order valence-electron chi connectivity index (χ1n) is 9.32. The molecule has 8 nitrogen and oxygen atoms in total. The van der Waals surface area contributed by atoms with E-state index in [0.29, 0.717) is 11.9 Å². The molecule has 1 aliphatic heterocycles. The third kappa shape index (κ3) is 3.68. The standard InChI is InChI=1S/C17H16B3F3N8/c1-15(3-5-30-6-4-25-13(15)30)10-7-11(31(29-10)17(18,19)20)27-14-26-8-9(16(21,22)23)12(24-2)28-14/h4,6-8H,3,5H2,1-2H3,(H2,24,26,27,28). The molecule has 0 aromatic carbocycles. The Morgan fingerprint density at radius 2 is 1.94 bits per heavy atom. The quantitative estimate of drug-likeness (QED) is 0.607. The minimum Gasteiger partial charge on any atom is -0.372 e. The second-order valence-electron chi connectivity index (χ2n) is 7.57. The van der Waals surface area contributed by atoms with Gasteiger partial charge < -0.3 is 15.2 Å². The first-order chi connectivity index (χ1) is 14.4. The van der Waals surface area contributed by atoms with Crippen LogP contribution in [0.2, 0.25) is 0 Å². The predicted molar refractivity (Wildman–Crippen MR) is 111 cm³/mol. The summed E-state index contributed by atoms with van der Waals surface area (Å²) in [5, 5.41) is 7.83. The zero-order chi connectivity index (χ0) is 22.6. The monoisotopic (exact) mass is 422 g/mol. The summed E-state index contributed by atoms with van der Waals surface area (Å²) in [5.74, 6) is 0.534. The molecule has 1 unspecified atom stereocenters. The Bertz CT molecular complexity index is 1120. The number of fused-ring (bicyclic) bond motifs is 1. The third-order valence-electron chi connectivity index (χ3n) is 5.27. The summed E-state index contributed by atoms with van der Waals surface area (Å²) in [7, 11) is 18.9. The van der Waals surface area contributed by atoms with Crippen LogP contribution in [0.1, 0.15) is 30.4 Å². The van der Waals surface area contributed by atoms with Crippen molar-refractivity contribution in [1.82, 2.24) is 29.3 Å². The van der Waals surface area contributed by atoms with Crippen LogP contribution in [0.3, 0.4) is 0 Å². The lowest BCUT2D eigenvalue weighted by Gasteiger charge is -2.25. The molecule has 3 aromatic heterocycles. The van der Waals surface area contributed by atoms with Crippen LogP contribution in [-0.4, -0.2) is 59.9 Å². The van der Waals surface area contributed by atoms with E-state index in [4.69, 9.17) is 23.5 Å². The fraction of sp³-hybridized carbons (Fsp3) is 0.412. The van der Waals surface area contributed by atoms with Gasteiger partial charge in [-0.05, 0) is 18.6 Å². The van der Waals surface area contributed by atoms with Crippen LogP contribution in [0.4, 0.5) is 30.8 Å². The molecule has 4 heterocycles. The Labute approximate surface area is 180 Å². The molecule has 0 saturated carbocycles. The molecule has 1 aliphatic rings. The molecule has 0 spiro atoms. The number of halogens is 3. The summed E-state index contributed by atoms with van der Waals surface area (Å²) in [6.45, 7) is 2.74.